The maximum atomic E-state index is 11.7. The van der Waals surface area contributed by atoms with Gasteiger partial charge in [0.25, 0.3) is 0 Å². The molecule has 1 fully saturated rings. The average molecular weight is 248 g/mol. The third-order valence-electron chi connectivity index (χ3n) is 3.28. The molecule has 1 aliphatic rings. The summed E-state index contributed by atoms with van der Waals surface area (Å²) < 4.78 is 0. The highest BCUT2D eigenvalue weighted by Crippen LogP contribution is 2.12. The van der Waals surface area contributed by atoms with Gasteiger partial charge in [-0.3, -0.25) is 4.79 Å². The highest BCUT2D eigenvalue weighted by atomic mass is 16.3. The largest absolute Gasteiger partial charge is 0.387 e. The Morgan fingerprint density at radius 2 is 2.11 bits per heavy atom. The van der Waals surface area contributed by atoms with Crippen LogP contribution in [0.4, 0.5) is 0 Å². The van der Waals surface area contributed by atoms with E-state index in [1.165, 1.54) is 0 Å². The molecule has 0 spiro atoms. The van der Waals surface area contributed by atoms with Gasteiger partial charge in [0, 0.05) is 13.1 Å². The number of carbonyl (C=O) groups excluding carboxylic acids is 1. The Kier molecular flexibility index (Phi) is 4.73. The maximum Gasteiger partial charge on any atom is 0.237 e. The fourth-order valence-electron chi connectivity index (χ4n) is 2.18. The SMILES string of the molecule is O=C1NCCCC[C@@H]1NC[C@H](O)c1ccccc1. The third-order valence-corrected chi connectivity index (χ3v) is 3.28. The van der Waals surface area contributed by atoms with Gasteiger partial charge in [-0.25, -0.2) is 0 Å². The van der Waals surface area contributed by atoms with Crippen LogP contribution in [0, 0.1) is 0 Å². The van der Waals surface area contributed by atoms with Crippen molar-refractivity contribution in [1.29, 1.82) is 0 Å². The minimum absolute atomic E-state index is 0.0489. The Morgan fingerprint density at radius 1 is 1.33 bits per heavy atom. The van der Waals surface area contributed by atoms with Crippen molar-refractivity contribution in [2.24, 2.45) is 0 Å². The van der Waals surface area contributed by atoms with E-state index in [1.807, 2.05) is 30.3 Å². The standard InChI is InChI=1S/C14H20N2O2/c17-13(11-6-2-1-3-7-11)10-16-12-8-4-5-9-15-14(12)18/h1-3,6-7,12-13,16-17H,4-5,8-10H2,(H,15,18)/t12-,13-/m0/s1. The fourth-order valence-corrected chi connectivity index (χ4v) is 2.18. The quantitative estimate of drug-likeness (QED) is 0.744. The van der Waals surface area contributed by atoms with Crippen LogP contribution in [0.2, 0.25) is 0 Å². The van der Waals surface area contributed by atoms with E-state index < -0.39 is 6.10 Å². The van der Waals surface area contributed by atoms with E-state index in [9.17, 15) is 9.90 Å². The Hall–Kier alpha value is -1.39. The van der Waals surface area contributed by atoms with Crippen molar-refractivity contribution in [2.75, 3.05) is 13.1 Å². The molecule has 3 N–H and O–H groups in total. The van der Waals surface area contributed by atoms with Gasteiger partial charge in [0.15, 0.2) is 0 Å². The minimum Gasteiger partial charge on any atom is -0.387 e. The molecule has 18 heavy (non-hydrogen) atoms. The summed E-state index contributed by atoms with van der Waals surface area (Å²) in [6.07, 6.45) is 2.35. The van der Waals surface area contributed by atoms with Gasteiger partial charge in [-0.2, -0.15) is 0 Å². The number of aliphatic hydroxyl groups is 1. The molecular formula is C14H20N2O2. The van der Waals surface area contributed by atoms with E-state index in [4.69, 9.17) is 0 Å². The van der Waals surface area contributed by atoms with E-state index >= 15 is 0 Å². The Balaban J connectivity index is 1.85. The van der Waals surface area contributed by atoms with Crippen LogP contribution in [0.3, 0.4) is 0 Å². The highest BCUT2D eigenvalue weighted by Gasteiger charge is 2.20. The summed E-state index contributed by atoms with van der Waals surface area (Å²) in [4.78, 5) is 11.7. The molecule has 98 valence electrons. The summed E-state index contributed by atoms with van der Waals surface area (Å²) in [5, 5.41) is 16.0. The normalized spacial score (nSPS) is 22.1. The number of nitrogens with one attached hydrogen (secondary N) is 2. The number of benzene rings is 1. The van der Waals surface area contributed by atoms with E-state index in [0.717, 1.165) is 31.4 Å². The van der Waals surface area contributed by atoms with Crippen molar-refractivity contribution in [2.45, 2.75) is 31.4 Å². The highest BCUT2D eigenvalue weighted by molar-refractivity contribution is 5.81. The lowest BCUT2D eigenvalue weighted by atomic mass is 10.1. The topological polar surface area (TPSA) is 61.4 Å². The molecule has 0 bridgehead atoms. The lowest BCUT2D eigenvalue weighted by Gasteiger charge is -2.18. The zero-order chi connectivity index (χ0) is 12.8. The van der Waals surface area contributed by atoms with Crippen molar-refractivity contribution in [3.8, 4) is 0 Å². The van der Waals surface area contributed by atoms with Gasteiger partial charge in [-0.1, -0.05) is 30.3 Å². The number of aliphatic hydroxyl groups excluding tert-OH is 1. The smallest absolute Gasteiger partial charge is 0.237 e. The van der Waals surface area contributed by atoms with Crippen molar-refractivity contribution in [3.63, 3.8) is 0 Å². The predicted octanol–water partition coefficient (Wildman–Crippen LogP) is 0.978. The molecule has 1 amide bonds. The van der Waals surface area contributed by atoms with Gasteiger partial charge >= 0.3 is 0 Å². The average Bonchev–Trinajstić information content (AvgIpc) is 2.62. The lowest BCUT2D eigenvalue weighted by Crippen LogP contribution is -2.44. The lowest BCUT2D eigenvalue weighted by molar-refractivity contribution is -0.122. The van der Waals surface area contributed by atoms with Gasteiger partial charge in [0.05, 0.1) is 12.1 Å². The van der Waals surface area contributed by atoms with Crippen LogP contribution in [-0.2, 0) is 4.79 Å². The van der Waals surface area contributed by atoms with Gasteiger partial charge in [0.1, 0.15) is 0 Å². The van der Waals surface area contributed by atoms with Gasteiger partial charge in [-0.05, 0) is 24.8 Å². The predicted molar refractivity (Wildman–Crippen MR) is 70.1 cm³/mol. The first-order valence-electron chi connectivity index (χ1n) is 6.51. The Bertz CT molecular complexity index is 381. The van der Waals surface area contributed by atoms with Crippen molar-refractivity contribution in [1.82, 2.24) is 10.6 Å². The van der Waals surface area contributed by atoms with Crippen molar-refractivity contribution >= 4 is 5.91 Å². The van der Waals surface area contributed by atoms with E-state index in [1.54, 1.807) is 0 Å². The van der Waals surface area contributed by atoms with Crippen LogP contribution in [-0.4, -0.2) is 30.1 Å². The monoisotopic (exact) mass is 248 g/mol. The van der Waals surface area contributed by atoms with Crippen LogP contribution < -0.4 is 10.6 Å². The third kappa shape index (κ3) is 3.55. The first kappa shape index (κ1) is 13.1. The maximum absolute atomic E-state index is 11.7. The summed E-state index contributed by atoms with van der Waals surface area (Å²) in [6, 6.07) is 9.32. The summed E-state index contributed by atoms with van der Waals surface area (Å²) >= 11 is 0. The number of rotatable bonds is 4. The van der Waals surface area contributed by atoms with Gasteiger partial charge in [0.2, 0.25) is 5.91 Å². The van der Waals surface area contributed by atoms with Gasteiger partial charge < -0.3 is 15.7 Å². The fraction of sp³-hybridized carbons (Fsp3) is 0.500. The van der Waals surface area contributed by atoms with E-state index in [2.05, 4.69) is 10.6 Å². The number of amides is 1. The molecule has 2 atom stereocenters. The first-order valence-corrected chi connectivity index (χ1v) is 6.51. The molecule has 0 aromatic heterocycles. The first-order chi connectivity index (χ1) is 8.77. The zero-order valence-electron chi connectivity index (χ0n) is 10.4. The molecule has 2 rings (SSSR count). The second-order valence-electron chi connectivity index (χ2n) is 4.67. The molecule has 4 heteroatoms. The molecular weight excluding hydrogens is 228 g/mol. The van der Waals surface area contributed by atoms with Crippen molar-refractivity contribution in [3.05, 3.63) is 35.9 Å². The van der Waals surface area contributed by atoms with Crippen molar-refractivity contribution < 1.29 is 9.90 Å². The Morgan fingerprint density at radius 3 is 2.89 bits per heavy atom. The molecule has 0 unspecified atom stereocenters. The summed E-state index contributed by atoms with van der Waals surface area (Å²) in [5.74, 6) is 0.0489. The molecule has 1 aromatic rings. The number of hydrogen-bond acceptors (Lipinski definition) is 3. The molecule has 0 saturated carbocycles. The van der Waals surface area contributed by atoms with Crippen LogP contribution in [0.25, 0.3) is 0 Å². The summed E-state index contributed by atoms with van der Waals surface area (Å²) in [5.41, 5.74) is 0.874. The molecule has 4 nitrogen and oxygen atoms in total. The Labute approximate surface area is 107 Å². The van der Waals surface area contributed by atoms with Crippen LogP contribution in [0.15, 0.2) is 30.3 Å². The van der Waals surface area contributed by atoms with Crippen LogP contribution in [0.5, 0.6) is 0 Å². The molecule has 1 heterocycles. The van der Waals surface area contributed by atoms with Crippen LogP contribution >= 0.6 is 0 Å². The number of carbonyl (C=O) groups is 1. The summed E-state index contributed by atoms with van der Waals surface area (Å²) in [6.45, 7) is 1.17. The second kappa shape index (κ2) is 6.52. The molecule has 1 aliphatic heterocycles. The summed E-state index contributed by atoms with van der Waals surface area (Å²) in [7, 11) is 0. The minimum atomic E-state index is -0.567. The molecule has 1 aromatic carbocycles. The number of hydrogen-bond donors (Lipinski definition) is 3. The van der Waals surface area contributed by atoms with E-state index in [0.29, 0.717) is 6.54 Å². The van der Waals surface area contributed by atoms with Crippen LogP contribution in [0.1, 0.15) is 30.9 Å². The molecule has 0 aliphatic carbocycles. The molecule has 1 saturated heterocycles. The second-order valence-corrected chi connectivity index (χ2v) is 4.67. The molecule has 0 radical (unpaired) electrons. The zero-order valence-corrected chi connectivity index (χ0v) is 10.4. The van der Waals surface area contributed by atoms with Gasteiger partial charge in [-0.15, -0.1) is 0 Å². The van der Waals surface area contributed by atoms with E-state index in [-0.39, 0.29) is 11.9 Å².